The third-order valence-electron chi connectivity index (χ3n) is 6.19. The number of hydrogen-bond acceptors (Lipinski definition) is 8. The predicted molar refractivity (Wildman–Crippen MR) is 114 cm³/mol. The van der Waals surface area contributed by atoms with E-state index in [-0.39, 0.29) is 17.9 Å². The van der Waals surface area contributed by atoms with Gasteiger partial charge in [-0.2, -0.15) is 0 Å². The summed E-state index contributed by atoms with van der Waals surface area (Å²) in [7, 11) is -2.70. The van der Waals surface area contributed by atoms with Crippen LogP contribution in [0.3, 0.4) is 0 Å². The average molecular weight is 463 g/mol. The number of benzene rings is 2. The van der Waals surface area contributed by atoms with Gasteiger partial charge < -0.3 is 19.5 Å². The number of amides is 1. The van der Waals surface area contributed by atoms with E-state index in [4.69, 9.17) is 14.2 Å². The van der Waals surface area contributed by atoms with Gasteiger partial charge in [0, 0.05) is 11.8 Å². The second-order valence-corrected chi connectivity index (χ2v) is 10.3. The lowest BCUT2D eigenvalue weighted by Crippen LogP contribution is -2.52. The minimum atomic E-state index is -4.27. The third kappa shape index (κ3) is 3.95. The van der Waals surface area contributed by atoms with Crippen LogP contribution in [0.4, 0.5) is 0 Å². The average Bonchev–Trinajstić information content (AvgIpc) is 3.20. The Bertz CT molecular complexity index is 1060. The van der Waals surface area contributed by atoms with Crippen LogP contribution in [0.15, 0.2) is 53.4 Å². The molecule has 2 fully saturated rings. The molecule has 2 aliphatic rings. The second kappa shape index (κ2) is 8.70. The van der Waals surface area contributed by atoms with Gasteiger partial charge >= 0.3 is 0 Å². The standard InChI is InChI=1S/C22H26N2O7S/c1-29-16-2-4-17(5-3-16)31-18-6-8-19(9-7-18)32(27,28)22(20(25)24-26)14-21(15-30-22)10-12-23-13-11-21/h2-9,23,26H,10-15H2,1H3,(H,24,25). The Kier molecular flexibility index (Phi) is 6.13. The number of piperidine rings is 1. The molecule has 2 aromatic carbocycles. The summed E-state index contributed by atoms with van der Waals surface area (Å²) in [5, 5.41) is 12.6. The van der Waals surface area contributed by atoms with Crippen LogP contribution in [0.25, 0.3) is 0 Å². The van der Waals surface area contributed by atoms with E-state index >= 15 is 0 Å². The van der Waals surface area contributed by atoms with Crippen molar-refractivity contribution in [3.8, 4) is 17.2 Å². The molecule has 0 saturated carbocycles. The summed E-state index contributed by atoms with van der Waals surface area (Å²) < 4.78 is 43.7. The van der Waals surface area contributed by atoms with Crippen molar-refractivity contribution < 1.29 is 32.6 Å². The zero-order chi connectivity index (χ0) is 22.8. The molecule has 2 aliphatic heterocycles. The highest BCUT2D eigenvalue weighted by atomic mass is 32.2. The number of hydrogen-bond donors (Lipinski definition) is 3. The molecule has 3 N–H and O–H groups in total. The van der Waals surface area contributed by atoms with Gasteiger partial charge in [0.2, 0.25) is 9.84 Å². The molecule has 1 unspecified atom stereocenters. The Hall–Kier alpha value is -2.66. The van der Waals surface area contributed by atoms with E-state index in [0.717, 1.165) is 13.1 Å². The number of ether oxygens (including phenoxy) is 3. The van der Waals surface area contributed by atoms with Crippen LogP contribution in [0, 0.1) is 5.41 Å². The molecular weight excluding hydrogens is 436 g/mol. The maximum atomic E-state index is 13.6. The Balaban J connectivity index is 1.59. The van der Waals surface area contributed by atoms with Crippen LogP contribution in [0.1, 0.15) is 19.3 Å². The number of nitrogens with one attached hydrogen (secondary N) is 2. The quantitative estimate of drug-likeness (QED) is 0.441. The summed E-state index contributed by atoms with van der Waals surface area (Å²) in [6.45, 7) is 1.58. The van der Waals surface area contributed by atoms with Gasteiger partial charge in [0.1, 0.15) is 17.2 Å². The normalized spacial score (nSPS) is 22.4. The summed E-state index contributed by atoms with van der Waals surface area (Å²) in [5.74, 6) is 0.599. The molecule has 1 spiro atoms. The van der Waals surface area contributed by atoms with Crippen molar-refractivity contribution >= 4 is 15.7 Å². The maximum absolute atomic E-state index is 13.6. The van der Waals surface area contributed by atoms with E-state index in [1.807, 2.05) is 0 Å². The highest BCUT2D eigenvalue weighted by Gasteiger charge is 2.62. The maximum Gasteiger partial charge on any atom is 0.291 e. The number of methoxy groups -OCH3 is 1. The van der Waals surface area contributed by atoms with Crippen molar-refractivity contribution in [2.75, 3.05) is 26.8 Å². The molecule has 10 heteroatoms. The first-order valence-electron chi connectivity index (χ1n) is 10.3. The van der Waals surface area contributed by atoms with E-state index in [1.54, 1.807) is 31.4 Å². The van der Waals surface area contributed by atoms with Crippen molar-refractivity contribution in [1.29, 1.82) is 0 Å². The smallest absolute Gasteiger partial charge is 0.291 e. The van der Waals surface area contributed by atoms with E-state index in [2.05, 4.69) is 5.32 Å². The van der Waals surface area contributed by atoms with Crippen molar-refractivity contribution in [3.63, 3.8) is 0 Å². The fourth-order valence-electron chi connectivity index (χ4n) is 4.33. The van der Waals surface area contributed by atoms with Gasteiger partial charge in [-0.25, -0.2) is 13.9 Å². The summed E-state index contributed by atoms with van der Waals surface area (Å²) in [6.07, 6.45) is 1.37. The zero-order valence-electron chi connectivity index (χ0n) is 17.7. The zero-order valence-corrected chi connectivity index (χ0v) is 18.5. The Morgan fingerprint density at radius 2 is 1.59 bits per heavy atom. The number of carbonyl (C=O) groups is 1. The number of sulfone groups is 1. The van der Waals surface area contributed by atoms with Crippen LogP contribution in [0.2, 0.25) is 0 Å². The van der Waals surface area contributed by atoms with Gasteiger partial charge in [0.25, 0.3) is 10.8 Å². The molecule has 2 saturated heterocycles. The first-order valence-corrected chi connectivity index (χ1v) is 11.8. The van der Waals surface area contributed by atoms with Crippen LogP contribution in [-0.2, 0) is 19.4 Å². The Morgan fingerprint density at radius 3 is 2.16 bits per heavy atom. The summed E-state index contributed by atoms with van der Waals surface area (Å²) in [4.78, 5) is 10.4. The monoisotopic (exact) mass is 462 g/mol. The number of carbonyl (C=O) groups excluding carboxylic acids is 1. The fourth-order valence-corrected chi connectivity index (χ4v) is 6.20. The highest BCUT2D eigenvalue weighted by molar-refractivity contribution is 7.93. The van der Waals surface area contributed by atoms with E-state index in [0.29, 0.717) is 30.1 Å². The highest BCUT2D eigenvalue weighted by Crippen LogP contribution is 2.49. The van der Waals surface area contributed by atoms with Crippen molar-refractivity contribution in [2.45, 2.75) is 29.1 Å². The molecule has 0 aromatic heterocycles. The number of hydroxylamine groups is 1. The molecule has 2 heterocycles. The Labute approximate surface area is 186 Å². The molecule has 1 amide bonds. The predicted octanol–water partition coefficient (Wildman–Crippen LogP) is 2.25. The van der Waals surface area contributed by atoms with Gasteiger partial charge in [-0.1, -0.05) is 0 Å². The lowest BCUT2D eigenvalue weighted by molar-refractivity contribution is -0.142. The molecule has 0 aliphatic carbocycles. The molecule has 32 heavy (non-hydrogen) atoms. The molecule has 4 rings (SSSR count). The van der Waals surface area contributed by atoms with E-state index in [9.17, 15) is 18.4 Å². The minimum Gasteiger partial charge on any atom is -0.497 e. The van der Waals surface area contributed by atoms with Gasteiger partial charge in [0.15, 0.2) is 0 Å². The lowest BCUT2D eigenvalue weighted by atomic mass is 9.77. The molecule has 2 aromatic rings. The molecule has 1 atom stereocenters. The minimum absolute atomic E-state index is 0.0134. The van der Waals surface area contributed by atoms with Crippen molar-refractivity contribution in [2.24, 2.45) is 5.41 Å². The summed E-state index contributed by atoms with van der Waals surface area (Å²) in [6, 6.07) is 12.7. The van der Waals surface area contributed by atoms with Crippen molar-refractivity contribution in [3.05, 3.63) is 48.5 Å². The molecule has 0 bridgehead atoms. The largest absolute Gasteiger partial charge is 0.497 e. The number of rotatable bonds is 6. The van der Waals surface area contributed by atoms with Gasteiger partial charge in [0.05, 0.1) is 18.6 Å². The topological polar surface area (TPSA) is 123 Å². The lowest BCUT2D eigenvalue weighted by Gasteiger charge is -2.33. The summed E-state index contributed by atoms with van der Waals surface area (Å²) in [5.41, 5.74) is 1.08. The van der Waals surface area contributed by atoms with E-state index in [1.165, 1.54) is 29.7 Å². The van der Waals surface area contributed by atoms with Crippen LogP contribution in [-0.4, -0.2) is 51.3 Å². The van der Waals surface area contributed by atoms with Crippen LogP contribution in [0.5, 0.6) is 17.2 Å². The van der Waals surface area contributed by atoms with Gasteiger partial charge in [-0.05, 0) is 74.5 Å². The van der Waals surface area contributed by atoms with E-state index < -0.39 is 26.1 Å². The van der Waals surface area contributed by atoms with Gasteiger partial charge in [-0.3, -0.25) is 10.0 Å². The SMILES string of the molecule is COc1ccc(Oc2ccc(S(=O)(=O)C3(C(=O)NO)CC4(CCNCC4)CO3)cc2)cc1. The van der Waals surface area contributed by atoms with Crippen molar-refractivity contribution in [1.82, 2.24) is 10.8 Å². The molecule has 9 nitrogen and oxygen atoms in total. The molecule has 172 valence electrons. The van der Waals surface area contributed by atoms with Crippen LogP contribution < -0.4 is 20.3 Å². The van der Waals surface area contributed by atoms with Gasteiger partial charge in [-0.15, -0.1) is 0 Å². The molecule has 0 radical (unpaired) electrons. The second-order valence-electron chi connectivity index (χ2n) is 8.16. The Morgan fingerprint density at radius 1 is 1.03 bits per heavy atom. The molecular formula is C22H26N2O7S. The first kappa shape index (κ1) is 22.5. The fraction of sp³-hybridized carbons (Fsp3) is 0.409. The summed E-state index contributed by atoms with van der Waals surface area (Å²) >= 11 is 0. The van der Waals surface area contributed by atoms with Crippen LogP contribution >= 0.6 is 0 Å². The third-order valence-corrected chi connectivity index (χ3v) is 8.40. The first-order chi connectivity index (χ1) is 15.3.